The fourth-order valence-corrected chi connectivity index (χ4v) is 4.78. The van der Waals surface area contributed by atoms with E-state index < -0.39 is 15.9 Å². The molecule has 0 radical (unpaired) electrons. The number of hydrogen-bond donors (Lipinski definition) is 1. The maximum atomic E-state index is 11.8. The lowest BCUT2D eigenvalue weighted by Crippen LogP contribution is -2.25. The molecule has 0 aliphatic carbocycles. The van der Waals surface area contributed by atoms with Crippen molar-refractivity contribution >= 4 is 21.6 Å². The molecule has 122 valence electrons. The van der Waals surface area contributed by atoms with Gasteiger partial charge in [-0.1, -0.05) is 13.3 Å². The van der Waals surface area contributed by atoms with Gasteiger partial charge in [-0.2, -0.15) is 5.26 Å². The van der Waals surface area contributed by atoms with Gasteiger partial charge in [-0.05, 0) is 31.9 Å². The summed E-state index contributed by atoms with van der Waals surface area (Å²) < 4.78 is 23.6. The van der Waals surface area contributed by atoms with Crippen molar-refractivity contribution in [3.8, 4) is 6.07 Å². The topological polar surface area (TPSA) is 91.1 Å². The first kappa shape index (κ1) is 18.9. The molecule has 0 amide bonds. The fraction of sp³-hybridized carbons (Fsp3) is 0.600. The normalized spacial score (nSPS) is 12.9. The molecule has 1 unspecified atom stereocenters. The average Bonchev–Trinajstić information content (AvgIpc) is 2.42. The molecule has 1 aromatic rings. The molecule has 1 heterocycles. The zero-order valence-electron chi connectivity index (χ0n) is 13.2. The Balaban J connectivity index is 2.69. The summed E-state index contributed by atoms with van der Waals surface area (Å²) in [5, 5.41) is 19.7. The number of nitrogens with zero attached hydrogens (tertiary/aromatic N) is 2. The largest absolute Gasteiger partial charge is 0.391 e. The molecule has 7 heteroatoms. The van der Waals surface area contributed by atoms with Crippen molar-refractivity contribution in [2.75, 3.05) is 17.3 Å². The van der Waals surface area contributed by atoms with Crippen LogP contribution in [0.25, 0.3) is 0 Å². The Kier molecular flexibility index (Phi) is 7.33. The Labute approximate surface area is 136 Å². The summed E-state index contributed by atoms with van der Waals surface area (Å²) in [6, 6.07) is 3.94. The van der Waals surface area contributed by atoms with Gasteiger partial charge in [0.1, 0.15) is 11.1 Å². The van der Waals surface area contributed by atoms with E-state index in [-0.39, 0.29) is 17.3 Å². The first-order chi connectivity index (χ1) is 10.3. The summed E-state index contributed by atoms with van der Waals surface area (Å²) >= 11 is 1.22. The van der Waals surface area contributed by atoms with E-state index >= 15 is 0 Å². The Hall–Kier alpha value is -1.10. The molecule has 1 N–H and O–H groups in total. The predicted octanol–water partition coefficient (Wildman–Crippen LogP) is 2.24. The van der Waals surface area contributed by atoms with Crippen LogP contribution in [0.15, 0.2) is 11.1 Å². The Morgan fingerprint density at radius 2 is 2.14 bits per heavy atom. The third-order valence-electron chi connectivity index (χ3n) is 3.09. The van der Waals surface area contributed by atoms with E-state index in [1.165, 1.54) is 11.8 Å². The minimum Gasteiger partial charge on any atom is -0.391 e. The summed E-state index contributed by atoms with van der Waals surface area (Å²) in [6.45, 7) is 5.60. The highest BCUT2D eigenvalue weighted by atomic mass is 32.2. The number of aryl methyl sites for hydroxylation is 2. The van der Waals surface area contributed by atoms with Gasteiger partial charge < -0.3 is 5.11 Å². The summed E-state index contributed by atoms with van der Waals surface area (Å²) in [5.74, 6) is 0.0685. The van der Waals surface area contributed by atoms with Gasteiger partial charge in [0.2, 0.25) is 0 Å². The standard InChI is InChI=1S/C15H22N2O3S2/c1-4-5-6-22(19,20)10-13(18)9-21-15-14(8-16)11(2)7-12(3)17-15/h7,13,18H,4-6,9-10H2,1-3H3. The van der Waals surface area contributed by atoms with E-state index in [1.54, 1.807) is 0 Å². The molecule has 0 bridgehead atoms. The molecule has 22 heavy (non-hydrogen) atoms. The number of pyridine rings is 1. The van der Waals surface area contributed by atoms with Crippen LogP contribution in [0.2, 0.25) is 0 Å². The van der Waals surface area contributed by atoms with Gasteiger partial charge in [-0.3, -0.25) is 0 Å². The molecule has 0 spiro atoms. The SMILES string of the molecule is CCCCS(=O)(=O)CC(O)CSc1nc(C)cc(C)c1C#N. The van der Waals surface area contributed by atoms with Gasteiger partial charge in [0.25, 0.3) is 0 Å². The van der Waals surface area contributed by atoms with Crippen molar-refractivity contribution < 1.29 is 13.5 Å². The van der Waals surface area contributed by atoms with E-state index in [2.05, 4.69) is 11.1 Å². The molecule has 1 atom stereocenters. The van der Waals surface area contributed by atoms with Crippen molar-refractivity contribution in [1.29, 1.82) is 5.26 Å². The van der Waals surface area contributed by atoms with Crippen LogP contribution >= 0.6 is 11.8 Å². The summed E-state index contributed by atoms with van der Waals surface area (Å²) in [7, 11) is -3.23. The van der Waals surface area contributed by atoms with Gasteiger partial charge in [0, 0.05) is 11.4 Å². The quantitative estimate of drug-likeness (QED) is 0.729. The summed E-state index contributed by atoms with van der Waals surface area (Å²) in [6.07, 6.45) is 0.461. The second-order valence-corrected chi connectivity index (χ2v) is 8.54. The highest BCUT2D eigenvalue weighted by Gasteiger charge is 2.18. The predicted molar refractivity (Wildman–Crippen MR) is 88.7 cm³/mol. The van der Waals surface area contributed by atoms with Crippen LogP contribution in [0.5, 0.6) is 0 Å². The minimum absolute atomic E-state index is 0.108. The molecule has 0 fully saturated rings. The van der Waals surface area contributed by atoms with Crippen LogP contribution in [-0.4, -0.2) is 41.9 Å². The Morgan fingerprint density at radius 1 is 1.45 bits per heavy atom. The molecule has 0 aliphatic heterocycles. The second kappa shape index (κ2) is 8.51. The zero-order chi connectivity index (χ0) is 16.8. The van der Waals surface area contributed by atoms with E-state index in [9.17, 15) is 18.8 Å². The first-order valence-electron chi connectivity index (χ1n) is 7.18. The van der Waals surface area contributed by atoms with Crippen molar-refractivity contribution in [3.05, 3.63) is 22.9 Å². The Morgan fingerprint density at radius 3 is 2.73 bits per heavy atom. The first-order valence-corrected chi connectivity index (χ1v) is 9.99. The van der Waals surface area contributed by atoms with Crippen molar-refractivity contribution in [2.45, 2.75) is 44.7 Å². The smallest absolute Gasteiger partial charge is 0.152 e. The lowest BCUT2D eigenvalue weighted by Gasteiger charge is -2.12. The maximum Gasteiger partial charge on any atom is 0.152 e. The third kappa shape index (κ3) is 5.95. The van der Waals surface area contributed by atoms with Crippen LogP contribution in [0.1, 0.15) is 36.6 Å². The molecule has 0 aliphatic rings. The second-order valence-electron chi connectivity index (χ2n) is 5.31. The average molecular weight is 342 g/mol. The maximum absolute atomic E-state index is 11.8. The fourth-order valence-electron chi connectivity index (χ4n) is 2.01. The van der Waals surface area contributed by atoms with E-state index in [0.29, 0.717) is 17.0 Å². The summed E-state index contributed by atoms with van der Waals surface area (Å²) in [4.78, 5) is 4.30. The lowest BCUT2D eigenvalue weighted by atomic mass is 10.1. The minimum atomic E-state index is -3.23. The van der Waals surface area contributed by atoms with Gasteiger partial charge in [0.15, 0.2) is 9.84 Å². The molecule has 0 saturated carbocycles. The number of sulfone groups is 1. The number of unbranched alkanes of at least 4 members (excludes halogenated alkanes) is 1. The van der Waals surface area contributed by atoms with Crippen LogP contribution in [-0.2, 0) is 9.84 Å². The molecular weight excluding hydrogens is 320 g/mol. The zero-order valence-corrected chi connectivity index (χ0v) is 14.8. The van der Waals surface area contributed by atoms with Crippen molar-refractivity contribution in [3.63, 3.8) is 0 Å². The van der Waals surface area contributed by atoms with Crippen LogP contribution in [0.4, 0.5) is 0 Å². The van der Waals surface area contributed by atoms with Crippen molar-refractivity contribution in [2.24, 2.45) is 0 Å². The third-order valence-corrected chi connectivity index (χ3v) is 6.01. The van der Waals surface area contributed by atoms with Gasteiger partial charge in [-0.15, -0.1) is 11.8 Å². The highest BCUT2D eigenvalue weighted by molar-refractivity contribution is 7.99. The van der Waals surface area contributed by atoms with Crippen LogP contribution < -0.4 is 0 Å². The number of rotatable bonds is 8. The number of thioether (sulfide) groups is 1. The number of nitriles is 1. The summed E-state index contributed by atoms with van der Waals surface area (Å²) in [5.41, 5.74) is 2.11. The van der Waals surface area contributed by atoms with Gasteiger partial charge in [0.05, 0.1) is 23.2 Å². The van der Waals surface area contributed by atoms with Gasteiger partial charge in [-0.25, -0.2) is 13.4 Å². The van der Waals surface area contributed by atoms with Gasteiger partial charge >= 0.3 is 0 Å². The van der Waals surface area contributed by atoms with Crippen LogP contribution in [0.3, 0.4) is 0 Å². The molecule has 5 nitrogen and oxygen atoms in total. The van der Waals surface area contributed by atoms with E-state index in [1.807, 2.05) is 26.8 Å². The molecule has 1 aromatic heterocycles. The van der Waals surface area contributed by atoms with Crippen LogP contribution in [0, 0.1) is 25.2 Å². The molecule has 0 saturated heterocycles. The number of aromatic nitrogens is 1. The highest BCUT2D eigenvalue weighted by Crippen LogP contribution is 2.24. The number of aliphatic hydroxyl groups is 1. The Bertz CT molecular complexity index is 651. The lowest BCUT2D eigenvalue weighted by molar-refractivity contribution is 0.222. The van der Waals surface area contributed by atoms with Crippen molar-refractivity contribution in [1.82, 2.24) is 4.98 Å². The monoisotopic (exact) mass is 342 g/mol. The van der Waals surface area contributed by atoms with E-state index in [4.69, 9.17) is 0 Å². The number of hydrogen-bond acceptors (Lipinski definition) is 6. The number of aliphatic hydroxyl groups excluding tert-OH is 1. The molecule has 0 aromatic carbocycles. The molecule has 1 rings (SSSR count). The molecular formula is C15H22N2O3S2. The van der Waals surface area contributed by atoms with E-state index in [0.717, 1.165) is 17.7 Å².